The largest absolute Gasteiger partial charge is 0.401 e. The number of alkyl halides is 3. The second-order valence-corrected chi connectivity index (χ2v) is 5.63. The first-order valence-corrected chi connectivity index (χ1v) is 7.32. The van der Waals surface area contributed by atoms with Crippen LogP contribution >= 0.6 is 0 Å². The molecule has 0 bridgehead atoms. The van der Waals surface area contributed by atoms with E-state index in [0.717, 1.165) is 5.56 Å². The van der Waals surface area contributed by atoms with Crippen molar-refractivity contribution in [2.45, 2.75) is 32.0 Å². The quantitative estimate of drug-likeness (QED) is 0.854. The molecule has 0 aliphatic carbocycles. The molecule has 0 spiro atoms. The molecule has 122 valence electrons. The number of piperazine rings is 1. The van der Waals surface area contributed by atoms with E-state index in [9.17, 15) is 18.0 Å². The zero-order valence-electron chi connectivity index (χ0n) is 12.5. The van der Waals surface area contributed by atoms with Crippen LogP contribution in [-0.2, 0) is 11.2 Å². The summed E-state index contributed by atoms with van der Waals surface area (Å²) in [5.74, 6) is -0.00433. The van der Waals surface area contributed by atoms with Gasteiger partial charge in [0.25, 0.3) is 0 Å². The lowest BCUT2D eigenvalue weighted by molar-refractivity contribution is -0.157. The van der Waals surface area contributed by atoms with Gasteiger partial charge < -0.3 is 4.90 Å². The monoisotopic (exact) mass is 315 g/mol. The lowest BCUT2D eigenvalue weighted by Gasteiger charge is -2.40. The molecule has 2 rings (SSSR count). The molecule has 1 aromatic heterocycles. The molecule has 0 aromatic carbocycles. The van der Waals surface area contributed by atoms with Crippen LogP contribution in [0.1, 0.15) is 18.9 Å². The maximum Gasteiger partial charge on any atom is 0.401 e. The molecule has 1 atom stereocenters. The number of aryl methyl sites for hydroxylation is 1. The van der Waals surface area contributed by atoms with Gasteiger partial charge in [-0.1, -0.05) is 0 Å². The van der Waals surface area contributed by atoms with Crippen molar-refractivity contribution in [1.29, 1.82) is 0 Å². The molecule has 0 radical (unpaired) electrons. The number of halogens is 3. The third-order valence-corrected chi connectivity index (χ3v) is 3.88. The summed E-state index contributed by atoms with van der Waals surface area (Å²) in [5.41, 5.74) is 1.03. The van der Waals surface area contributed by atoms with Crippen molar-refractivity contribution < 1.29 is 18.0 Å². The van der Waals surface area contributed by atoms with E-state index in [1.165, 1.54) is 4.90 Å². The van der Waals surface area contributed by atoms with Gasteiger partial charge in [-0.15, -0.1) is 0 Å². The van der Waals surface area contributed by atoms with Crippen molar-refractivity contribution in [3.05, 3.63) is 30.1 Å². The van der Waals surface area contributed by atoms with E-state index in [1.54, 1.807) is 24.2 Å². The van der Waals surface area contributed by atoms with E-state index >= 15 is 0 Å². The number of hydrogen-bond donors (Lipinski definition) is 0. The van der Waals surface area contributed by atoms with Crippen LogP contribution in [0.25, 0.3) is 0 Å². The maximum atomic E-state index is 12.5. The number of amides is 1. The molecule has 0 saturated carbocycles. The molecule has 0 N–H and O–H groups in total. The van der Waals surface area contributed by atoms with Crippen LogP contribution in [0.2, 0.25) is 0 Å². The molecular formula is C15H20F3N3O. The lowest BCUT2D eigenvalue weighted by Crippen LogP contribution is -2.55. The highest BCUT2D eigenvalue weighted by Gasteiger charge is 2.35. The third-order valence-electron chi connectivity index (χ3n) is 3.88. The second kappa shape index (κ2) is 7.09. The Labute approximate surface area is 127 Å². The molecule has 1 aliphatic heterocycles. The molecule has 22 heavy (non-hydrogen) atoms. The Hall–Kier alpha value is -1.63. The second-order valence-electron chi connectivity index (χ2n) is 5.63. The van der Waals surface area contributed by atoms with Gasteiger partial charge in [0.15, 0.2) is 0 Å². The molecular weight excluding hydrogens is 295 g/mol. The number of pyridine rings is 1. The summed E-state index contributed by atoms with van der Waals surface area (Å²) in [6.07, 6.45) is 0.159. The summed E-state index contributed by atoms with van der Waals surface area (Å²) in [6, 6.07) is 3.44. The Morgan fingerprint density at radius 2 is 2.00 bits per heavy atom. The van der Waals surface area contributed by atoms with Crippen molar-refractivity contribution in [1.82, 2.24) is 14.8 Å². The number of rotatable bonds is 4. The van der Waals surface area contributed by atoms with Crippen molar-refractivity contribution >= 4 is 5.91 Å². The number of hydrogen-bond acceptors (Lipinski definition) is 3. The van der Waals surface area contributed by atoms with Crippen molar-refractivity contribution in [3.8, 4) is 0 Å². The van der Waals surface area contributed by atoms with Gasteiger partial charge in [-0.2, -0.15) is 13.2 Å². The van der Waals surface area contributed by atoms with Gasteiger partial charge in [0.05, 0.1) is 6.54 Å². The van der Waals surface area contributed by atoms with Crippen LogP contribution in [-0.4, -0.2) is 59.1 Å². The Kier molecular flexibility index (Phi) is 5.39. The summed E-state index contributed by atoms with van der Waals surface area (Å²) in [5, 5.41) is 0. The van der Waals surface area contributed by atoms with Gasteiger partial charge in [-0.05, 0) is 31.0 Å². The summed E-state index contributed by atoms with van der Waals surface area (Å²) in [4.78, 5) is 19.1. The van der Waals surface area contributed by atoms with Crippen LogP contribution in [0.15, 0.2) is 24.5 Å². The predicted octanol–water partition coefficient (Wildman–Crippen LogP) is 2.11. The first-order valence-electron chi connectivity index (χ1n) is 7.32. The minimum atomic E-state index is -4.19. The zero-order chi connectivity index (χ0) is 16.2. The summed E-state index contributed by atoms with van der Waals surface area (Å²) >= 11 is 0. The molecule has 7 heteroatoms. The van der Waals surface area contributed by atoms with E-state index in [1.807, 2.05) is 12.1 Å². The molecule has 1 aliphatic rings. The van der Waals surface area contributed by atoms with Crippen LogP contribution < -0.4 is 0 Å². The summed E-state index contributed by atoms with van der Waals surface area (Å²) in [6.45, 7) is 1.80. The highest BCUT2D eigenvalue weighted by atomic mass is 19.4. The Morgan fingerprint density at radius 3 is 2.59 bits per heavy atom. The van der Waals surface area contributed by atoms with E-state index in [0.29, 0.717) is 25.9 Å². The van der Waals surface area contributed by atoms with E-state index in [2.05, 4.69) is 4.98 Å². The number of aromatic nitrogens is 1. The third kappa shape index (κ3) is 4.98. The molecule has 1 aromatic rings. The number of carbonyl (C=O) groups excluding carboxylic acids is 1. The van der Waals surface area contributed by atoms with Crippen LogP contribution in [0.3, 0.4) is 0 Å². The predicted molar refractivity (Wildman–Crippen MR) is 76.2 cm³/mol. The fourth-order valence-electron chi connectivity index (χ4n) is 2.65. The van der Waals surface area contributed by atoms with Crippen molar-refractivity contribution in [2.75, 3.05) is 26.2 Å². The standard InChI is InChI=1S/C15H20F3N3O/c1-12-10-20(8-9-21(12)11-15(16,17)18)14(22)3-2-13-4-6-19-7-5-13/h4-7,12H,2-3,8-11H2,1H3/t12-/m1/s1. The highest BCUT2D eigenvalue weighted by Crippen LogP contribution is 2.20. The fraction of sp³-hybridized carbons (Fsp3) is 0.600. The lowest BCUT2D eigenvalue weighted by atomic mass is 10.1. The summed E-state index contributed by atoms with van der Waals surface area (Å²) in [7, 11) is 0. The van der Waals surface area contributed by atoms with Gasteiger partial charge in [-0.3, -0.25) is 14.7 Å². The average molecular weight is 315 g/mol. The van der Waals surface area contributed by atoms with Gasteiger partial charge in [0.2, 0.25) is 5.91 Å². The van der Waals surface area contributed by atoms with E-state index in [4.69, 9.17) is 0 Å². The number of nitrogens with zero attached hydrogens (tertiary/aromatic N) is 3. The maximum absolute atomic E-state index is 12.5. The van der Waals surface area contributed by atoms with E-state index in [-0.39, 0.29) is 18.5 Å². The van der Waals surface area contributed by atoms with Gasteiger partial charge in [-0.25, -0.2) is 0 Å². The number of carbonyl (C=O) groups is 1. The van der Waals surface area contributed by atoms with Crippen LogP contribution in [0.5, 0.6) is 0 Å². The minimum Gasteiger partial charge on any atom is -0.340 e. The molecule has 0 unspecified atom stereocenters. The minimum absolute atomic E-state index is 0.00433. The van der Waals surface area contributed by atoms with Gasteiger partial charge >= 0.3 is 6.18 Å². The van der Waals surface area contributed by atoms with Crippen molar-refractivity contribution in [2.24, 2.45) is 0 Å². The van der Waals surface area contributed by atoms with Crippen LogP contribution in [0, 0.1) is 0 Å². The first kappa shape index (κ1) is 16.7. The Bertz CT molecular complexity index is 493. The SMILES string of the molecule is C[C@@H]1CN(C(=O)CCc2ccncc2)CCN1CC(F)(F)F. The fourth-order valence-corrected chi connectivity index (χ4v) is 2.65. The smallest absolute Gasteiger partial charge is 0.340 e. The average Bonchev–Trinajstić information content (AvgIpc) is 2.46. The molecule has 1 fully saturated rings. The van der Waals surface area contributed by atoms with Gasteiger partial charge in [0, 0.05) is 44.5 Å². The van der Waals surface area contributed by atoms with Gasteiger partial charge in [0.1, 0.15) is 0 Å². The van der Waals surface area contributed by atoms with Crippen LogP contribution in [0.4, 0.5) is 13.2 Å². The molecule has 2 heterocycles. The van der Waals surface area contributed by atoms with Crippen molar-refractivity contribution in [3.63, 3.8) is 0 Å². The Balaban J connectivity index is 1.81. The topological polar surface area (TPSA) is 36.4 Å². The Morgan fingerprint density at radius 1 is 1.32 bits per heavy atom. The molecule has 1 amide bonds. The first-order chi connectivity index (χ1) is 10.3. The van der Waals surface area contributed by atoms with E-state index < -0.39 is 12.7 Å². The molecule has 1 saturated heterocycles. The highest BCUT2D eigenvalue weighted by molar-refractivity contribution is 5.76. The normalized spacial score (nSPS) is 20.2. The summed E-state index contributed by atoms with van der Waals surface area (Å²) < 4.78 is 37.4. The molecule has 4 nitrogen and oxygen atoms in total. The zero-order valence-corrected chi connectivity index (χ0v) is 12.5.